The van der Waals surface area contributed by atoms with Gasteiger partial charge in [0, 0.05) is 12.8 Å². The van der Waals surface area contributed by atoms with Crippen LogP contribution in [0.4, 0.5) is 0 Å². The number of fused-ring (bicyclic) bond motifs is 2. The highest BCUT2D eigenvalue weighted by atomic mass is 16.5. The minimum absolute atomic E-state index is 0.111. The molecule has 0 radical (unpaired) electrons. The van der Waals surface area contributed by atoms with Crippen molar-refractivity contribution in [2.24, 2.45) is 0 Å². The summed E-state index contributed by atoms with van der Waals surface area (Å²) >= 11 is 0. The Labute approximate surface area is 202 Å². The van der Waals surface area contributed by atoms with Gasteiger partial charge < -0.3 is 9.47 Å². The third-order valence-electron chi connectivity index (χ3n) is 5.99. The number of benzene rings is 3. The SMILES string of the molecule is CCOC(=O)CCCCC=c1c2ccccc2c(=CCCCCC(=O)OCC)c2ccccc12. The molecule has 34 heavy (non-hydrogen) atoms. The summed E-state index contributed by atoms with van der Waals surface area (Å²) in [6.45, 7) is 4.56. The van der Waals surface area contributed by atoms with Crippen molar-refractivity contribution in [3.8, 4) is 0 Å². The van der Waals surface area contributed by atoms with Gasteiger partial charge in [0.15, 0.2) is 0 Å². The van der Waals surface area contributed by atoms with Crippen LogP contribution in [0.15, 0.2) is 48.5 Å². The van der Waals surface area contributed by atoms with Crippen LogP contribution >= 0.6 is 0 Å². The van der Waals surface area contributed by atoms with E-state index in [2.05, 4.69) is 60.7 Å². The van der Waals surface area contributed by atoms with Gasteiger partial charge >= 0.3 is 11.9 Å². The van der Waals surface area contributed by atoms with E-state index in [1.165, 1.54) is 32.0 Å². The Bertz CT molecular complexity index is 1070. The number of ether oxygens (including phenoxy) is 2. The predicted octanol–water partition coefficient (Wildman–Crippen LogP) is 5.80. The van der Waals surface area contributed by atoms with E-state index in [4.69, 9.17) is 9.47 Å². The fourth-order valence-corrected chi connectivity index (χ4v) is 4.42. The van der Waals surface area contributed by atoms with Gasteiger partial charge in [-0.1, -0.05) is 60.7 Å². The monoisotopic (exact) mass is 460 g/mol. The van der Waals surface area contributed by atoms with Gasteiger partial charge in [-0.2, -0.15) is 0 Å². The number of hydrogen-bond donors (Lipinski definition) is 0. The number of unbranched alkanes of at least 4 members (excludes halogenated alkanes) is 4. The zero-order chi connectivity index (χ0) is 24.2. The molecule has 0 heterocycles. The molecule has 0 saturated carbocycles. The van der Waals surface area contributed by atoms with Crippen LogP contribution in [0, 0.1) is 0 Å². The summed E-state index contributed by atoms with van der Waals surface area (Å²) < 4.78 is 10.1. The van der Waals surface area contributed by atoms with Gasteiger partial charge in [0.05, 0.1) is 13.2 Å². The molecule has 0 atom stereocenters. The van der Waals surface area contributed by atoms with Gasteiger partial charge in [0.2, 0.25) is 0 Å². The normalized spacial score (nSPS) is 10.9. The molecule has 180 valence electrons. The highest BCUT2D eigenvalue weighted by Gasteiger charge is 2.06. The Morgan fingerprint density at radius 1 is 0.618 bits per heavy atom. The first-order valence-electron chi connectivity index (χ1n) is 12.6. The fraction of sp³-hybridized carbons (Fsp3) is 0.400. The summed E-state index contributed by atoms with van der Waals surface area (Å²) in [5.41, 5.74) is 0. The summed E-state index contributed by atoms with van der Waals surface area (Å²) in [5.74, 6) is -0.221. The molecule has 0 aromatic heterocycles. The predicted molar refractivity (Wildman–Crippen MR) is 140 cm³/mol. The molecule has 0 aliphatic carbocycles. The summed E-state index contributed by atoms with van der Waals surface area (Å²) in [6, 6.07) is 17.2. The molecule has 0 fully saturated rings. The Morgan fingerprint density at radius 3 is 1.29 bits per heavy atom. The van der Waals surface area contributed by atoms with Crippen LogP contribution in [0.3, 0.4) is 0 Å². The molecular formula is C30H36O4. The molecule has 0 saturated heterocycles. The van der Waals surface area contributed by atoms with Crippen molar-refractivity contribution in [2.75, 3.05) is 13.2 Å². The molecule has 3 aromatic rings. The smallest absolute Gasteiger partial charge is 0.305 e. The van der Waals surface area contributed by atoms with E-state index in [1.54, 1.807) is 0 Å². The van der Waals surface area contributed by atoms with E-state index in [9.17, 15) is 9.59 Å². The molecule has 0 N–H and O–H groups in total. The maximum Gasteiger partial charge on any atom is 0.305 e. The van der Waals surface area contributed by atoms with Crippen LogP contribution in [0.5, 0.6) is 0 Å². The molecule has 0 unspecified atom stereocenters. The van der Waals surface area contributed by atoms with Crippen LogP contribution < -0.4 is 10.4 Å². The third kappa shape index (κ3) is 6.93. The first kappa shape index (κ1) is 25.5. The van der Waals surface area contributed by atoms with Crippen molar-refractivity contribution in [1.29, 1.82) is 0 Å². The van der Waals surface area contributed by atoms with E-state index in [0.717, 1.165) is 38.5 Å². The Hall–Kier alpha value is -3.14. The average molecular weight is 461 g/mol. The van der Waals surface area contributed by atoms with Crippen molar-refractivity contribution in [3.05, 3.63) is 59.0 Å². The van der Waals surface area contributed by atoms with E-state index in [-0.39, 0.29) is 11.9 Å². The number of hydrogen-bond acceptors (Lipinski definition) is 4. The summed E-state index contributed by atoms with van der Waals surface area (Å²) in [5, 5.41) is 7.55. The molecule has 0 aliphatic heterocycles. The lowest BCUT2D eigenvalue weighted by atomic mass is 9.96. The lowest BCUT2D eigenvalue weighted by molar-refractivity contribution is -0.144. The summed E-state index contributed by atoms with van der Waals surface area (Å²) in [6.07, 6.45) is 11.0. The van der Waals surface area contributed by atoms with Gasteiger partial charge in [-0.25, -0.2) is 0 Å². The van der Waals surface area contributed by atoms with Crippen LogP contribution in [0.1, 0.15) is 65.2 Å². The lowest BCUT2D eigenvalue weighted by Gasteiger charge is -2.08. The van der Waals surface area contributed by atoms with Crippen LogP contribution in [0.25, 0.3) is 33.7 Å². The number of carbonyl (C=O) groups is 2. The third-order valence-corrected chi connectivity index (χ3v) is 5.99. The number of esters is 2. The standard InChI is InChI=1S/C30H36O4/c1-3-33-29(31)21-9-5-7-15-23-25-17-11-13-19-27(25)24(28-20-14-12-18-26(23)28)16-8-6-10-22-30(32)34-4-2/h11-20H,3-10,21-22H2,1-2H3. The quantitative estimate of drug-likeness (QED) is 0.195. The van der Waals surface area contributed by atoms with Gasteiger partial charge in [-0.3, -0.25) is 9.59 Å². The van der Waals surface area contributed by atoms with E-state index < -0.39 is 0 Å². The number of carbonyl (C=O) groups excluding carboxylic acids is 2. The van der Waals surface area contributed by atoms with Gasteiger partial charge in [-0.05, 0) is 84.4 Å². The fourth-order valence-electron chi connectivity index (χ4n) is 4.42. The van der Waals surface area contributed by atoms with Crippen LogP contribution in [-0.4, -0.2) is 25.2 Å². The Kier molecular flexibility index (Phi) is 10.1. The van der Waals surface area contributed by atoms with Crippen molar-refractivity contribution in [3.63, 3.8) is 0 Å². The molecule has 0 aliphatic rings. The minimum Gasteiger partial charge on any atom is -0.466 e. The second-order valence-corrected chi connectivity index (χ2v) is 8.43. The van der Waals surface area contributed by atoms with Crippen molar-refractivity contribution in [2.45, 2.75) is 65.2 Å². The largest absolute Gasteiger partial charge is 0.466 e. The molecule has 3 aromatic carbocycles. The minimum atomic E-state index is -0.111. The zero-order valence-corrected chi connectivity index (χ0v) is 20.5. The first-order valence-corrected chi connectivity index (χ1v) is 12.6. The van der Waals surface area contributed by atoms with Crippen LogP contribution in [0.2, 0.25) is 0 Å². The second-order valence-electron chi connectivity index (χ2n) is 8.43. The molecule has 0 amide bonds. The first-order chi connectivity index (χ1) is 16.7. The molecule has 4 heteroatoms. The maximum atomic E-state index is 11.6. The summed E-state index contributed by atoms with van der Waals surface area (Å²) in [4.78, 5) is 23.2. The Balaban J connectivity index is 1.86. The summed E-state index contributed by atoms with van der Waals surface area (Å²) in [7, 11) is 0. The molecular weight excluding hydrogens is 424 g/mol. The van der Waals surface area contributed by atoms with Crippen molar-refractivity contribution >= 4 is 45.6 Å². The number of rotatable bonds is 12. The molecule has 0 spiro atoms. The Morgan fingerprint density at radius 2 is 0.971 bits per heavy atom. The van der Waals surface area contributed by atoms with E-state index in [0.29, 0.717) is 26.1 Å². The van der Waals surface area contributed by atoms with E-state index in [1.807, 2.05) is 13.8 Å². The van der Waals surface area contributed by atoms with Crippen molar-refractivity contribution < 1.29 is 19.1 Å². The highest BCUT2D eigenvalue weighted by molar-refractivity contribution is 6.00. The van der Waals surface area contributed by atoms with Gasteiger partial charge in [-0.15, -0.1) is 0 Å². The topological polar surface area (TPSA) is 52.6 Å². The maximum absolute atomic E-state index is 11.6. The van der Waals surface area contributed by atoms with Gasteiger partial charge in [0.25, 0.3) is 0 Å². The average Bonchev–Trinajstić information content (AvgIpc) is 2.84. The lowest BCUT2D eigenvalue weighted by Crippen LogP contribution is -2.15. The van der Waals surface area contributed by atoms with Crippen molar-refractivity contribution in [1.82, 2.24) is 0 Å². The zero-order valence-electron chi connectivity index (χ0n) is 20.5. The molecule has 3 rings (SSSR count). The molecule has 0 bridgehead atoms. The second kappa shape index (κ2) is 13.5. The van der Waals surface area contributed by atoms with Gasteiger partial charge in [0.1, 0.15) is 0 Å². The molecule has 4 nitrogen and oxygen atoms in total. The highest BCUT2D eigenvalue weighted by Crippen LogP contribution is 2.15. The van der Waals surface area contributed by atoms with Crippen LogP contribution in [-0.2, 0) is 19.1 Å². The van der Waals surface area contributed by atoms with E-state index >= 15 is 0 Å².